The van der Waals surface area contributed by atoms with Crippen LogP contribution in [0.15, 0.2) is 0 Å². The average molecular weight is 195 g/mol. The number of carbonyl (C=O) groups excluding carboxylic acids is 1. The zero-order valence-electron chi connectivity index (χ0n) is 8.71. The molecule has 1 aliphatic carbocycles. The van der Waals surface area contributed by atoms with Gasteiger partial charge in [-0.25, -0.2) is 0 Å². The molecule has 0 radical (unpaired) electrons. The van der Waals surface area contributed by atoms with E-state index in [1.54, 1.807) is 0 Å². The first-order valence-electron chi connectivity index (χ1n) is 5.29. The van der Waals surface area contributed by atoms with Crippen LogP contribution in [0.5, 0.6) is 0 Å². The van der Waals surface area contributed by atoms with Gasteiger partial charge in [0.1, 0.15) is 6.07 Å². The van der Waals surface area contributed by atoms with Crippen LogP contribution < -0.4 is 0 Å². The lowest BCUT2D eigenvalue weighted by Crippen LogP contribution is -2.33. The van der Waals surface area contributed by atoms with Crippen molar-refractivity contribution >= 4 is 5.97 Å². The highest BCUT2D eigenvalue weighted by atomic mass is 16.6. The van der Waals surface area contributed by atoms with Gasteiger partial charge >= 0.3 is 5.97 Å². The van der Waals surface area contributed by atoms with Crippen LogP contribution in [0.25, 0.3) is 0 Å². The lowest BCUT2D eigenvalue weighted by molar-refractivity contribution is -0.153. The van der Waals surface area contributed by atoms with Crippen molar-refractivity contribution in [3.05, 3.63) is 0 Å². The van der Waals surface area contributed by atoms with Gasteiger partial charge in [-0.1, -0.05) is 19.3 Å². The van der Waals surface area contributed by atoms with Gasteiger partial charge < -0.3 is 4.74 Å². The molecule has 0 spiro atoms. The van der Waals surface area contributed by atoms with Gasteiger partial charge in [-0.05, 0) is 12.8 Å². The van der Waals surface area contributed by atoms with Gasteiger partial charge in [0, 0.05) is 19.8 Å². The van der Waals surface area contributed by atoms with E-state index in [0.717, 1.165) is 25.7 Å². The molecule has 0 aliphatic heterocycles. The zero-order chi connectivity index (χ0) is 10.4. The van der Waals surface area contributed by atoms with Crippen LogP contribution in [-0.4, -0.2) is 11.6 Å². The third-order valence-corrected chi connectivity index (χ3v) is 2.70. The Morgan fingerprint density at radius 1 is 1.21 bits per heavy atom. The molecule has 1 aliphatic rings. The number of ether oxygens (including phenoxy) is 1. The lowest BCUT2D eigenvalue weighted by atomic mass is 9.88. The fourth-order valence-corrected chi connectivity index (χ4v) is 1.99. The molecule has 0 unspecified atom stereocenters. The highest BCUT2D eigenvalue weighted by Crippen LogP contribution is 2.29. The summed E-state index contributed by atoms with van der Waals surface area (Å²) in [5, 5.41) is 9.08. The Bertz CT molecular complexity index is 234. The van der Waals surface area contributed by atoms with Gasteiger partial charge in [0.15, 0.2) is 5.60 Å². The van der Waals surface area contributed by atoms with Crippen molar-refractivity contribution in [3.8, 4) is 6.07 Å². The average Bonchev–Trinajstić information content (AvgIpc) is 2.09. The minimum Gasteiger partial charge on any atom is -0.444 e. The first kappa shape index (κ1) is 11.0. The first-order valence-corrected chi connectivity index (χ1v) is 5.29. The quantitative estimate of drug-likeness (QED) is 0.604. The minimum absolute atomic E-state index is 0.341. The molecule has 14 heavy (non-hydrogen) atoms. The number of hydrogen-bond donors (Lipinski definition) is 0. The first-order chi connectivity index (χ1) is 6.68. The maximum absolute atomic E-state index is 10.9. The van der Waals surface area contributed by atoms with E-state index in [0.29, 0.717) is 12.8 Å². The van der Waals surface area contributed by atoms with Crippen molar-refractivity contribution in [1.29, 1.82) is 5.26 Å². The Balaban J connectivity index is 2.63. The van der Waals surface area contributed by atoms with Gasteiger partial charge in [0.05, 0.1) is 0 Å². The predicted octanol–water partition coefficient (Wildman–Crippen LogP) is 2.56. The molecule has 0 atom stereocenters. The molecule has 0 aromatic carbocycles. The Labute approximate surface area is 85.1 Å². The number of hydrogen-bond acceptors (Lipinski definition) is 3. The molecule has 1 fully saturated rings. The number of rotatable bonds is 1. The van der Waals surface area contributed by atoms with Gasteiger partial charge in [-0.3, -0.25) is 4.79 Å². The molecular formula is C11H17NO2. The maximum atomic E-state index is 10.9. The minimum atomic E-state index is -0.827. The van der Waals surface area contributed by atoms with Crippen molar-refractivity contribution in [2.24, 2.45) is 0 Å². The second-order valence-electron chi connectivity index (χ2n) is 3.97. The third-order valence-electron chi connectivity index (χ3n) is 2.70. The van der Waals surface area contributed by atoms with Gasteiger partial charge in [0.25, 0.3) is 0 Å². The molecule has 0 bridgehead atoms. The molecule has 0 N–H and O–H groups in total. The molecular weight excluding hydrogens is 178 g/mol. The Hall–Kier alpha value is -1.04. The number of carbonyl (C=O) groups is 1. The van der Waals surface area contributed by atoms with E-state index in [9.17, 15) is 4.79 Å². The highest BCUT2D eigenvalue weighted by molar-refractivity contribution is 5.67. The fourth-order valence-electron chi connectivity index (χ4n) is 1.99. The monoisotopic (exact) mass is 195 g/mol. The van der Waals surface area contributed by atoms with Gasteiger partial charge in [0.2, 0.25) is 0 Å². The van der Waals surface area contributed by atoms with Crippen LogP contribution in [0.3, 0.4) is 0 Å². The normalized spacial score (nSPS) is 21.4. The van der Waals surface area contributed by atoms with E-state index < -0.39 is 5.60 Å². The van der Waals surface area contributed by atoms with Gasteiger partial charge in [-0.2, -0.15) is 5.26 Å². The Morgan fingerprint density at radius 3 is 2.14 bits per heavy atom. The molecule has 3 nitrogen and oxygen atoms in total. The largest absolute Gasteiger partial charge is 0.444 e. The topological polar surface area (TPSA) is 50.1 Å². The maximum Gasteiger partial charge on any atom is 0.304 e. The van der Waals surface area contributed by atoms with E-state index in [2.05, 4.69) is 6.07 Å². The van der Waals surface area contributed by atoms with E-state index in [1.807, 2.05) is 0 Å². The van der Waals surface area contributed by atoms with Crippen LogP contribution in [0, 0.1) is 11.3 Å². The van der Waals surface area contributed by atoms with Crippen LogP contribution in [0.2, 0.25) is 0 Å². The Kier molecular flexibility index (Phi) is 3.94. The summed E-state index contributed by atoms with van der Waals surface area (Å²) < 4.78 is 5.16. The zero-order valence-corrected chi connectivity index (χ0v) is 8.71. The Morgan fingerprint density at radius 2 is 1.71 bits per heavy atom. The van der Waals surface area contributed by atoms with Crippen molar-refractivity contribution in [1.82, 2.24) is 0 Å². The molecule has 0 saturated heterocycles. The second kappa shape index (κ2) is 4.99. The summed E-state index contributed by atoms with van der Waals surface area (Å²) in [6.45, 7) is 1.37. The molecule has 0 aromatic rings. The van der Waals surface area contributed by atoms with E-state index in [4.69, 9.17) is 10.00 Å². The standard InChI is InChI=1S/C11H17NO2/c1-10(13)14-11(9-12)7-5-3-2-4-6-8-11/h2-8H2,1H3. The number of nitrogens with zero attached hydrogens (tertiary/aromatic N) is 1. The fraction of sp³-hybridized carbons (Fsp3) is 0.818. The van der Waals surface area contributed by atoms with E-state index >= 15 is 0 Å². The molecule has 0 aromatic heterocycles. The second-order valence-corrected chi connectivity index (χ2v) is 3.97. The molecule has 0 heterocycles. The van der Waals surface area contributed by atoms with Crippen molar-refractivity contribution in [2.75, 3.05) is 0 Å². The molecule has 3 heteroatoms. The van der Waals surface area contributed by atoms with Crippen LogP contribution in [-0.2, 0) is 9.53 Å². The SMILES string of the molecule is CC(=O)OC1(C#N)CCCCCCC1. The summed E-state index contributed by atoms with van der Waals surface area (Å²) in [5.74, 6) is -0.341. The summed E-state index contributed by atoms with van der Waals surface area (Å²) in [5.41, 5.74) is -0.827. The highest BCUT2D eigenvalue weighted by Gasteiger charge is 2.33. The summed E-state index contributed by atoms with van der Waals surface area (Å²) in [6, 6.07) is 2.17. The summed E-state index contributed by atoms with van der Waals surface area (Å²) >= 11 is 0. The number of esters is 1. The predicted molar refractivity (Wildman–Crippen MR) is 52.4 cm³/mol. The molecule has 0 amide bonds. The van der Waals surface area contributed by atoms with E-state index in [-0.39, 0.29) is 5.97 Å². The molecule has 1 rings (SSSR count). The van der Waals surface area contributed by atoms with Crippen molar-refractivity contribution in [2.45, 2.75) is 57.5 Å². The smallest absolute Gasteiger partial charge is 0.304 e. The molecule has 1 saturated carbocycles. The number of nitriles is 1. The van der Waals surface area contributed by atoms with Crippen LogP contribution in [0.4, 0.5) is 0 Å². The summed E-state index contributed by atoms with van der Waals surface area (Å²) in [4.78, 5) is 10.9. The summed E-state index contributed by atoms with van der Waals surface area (Å²) in [7, 11) is 0. The van der Waals surface area contributed by atoms with Gasteiger partial charge in [-0.15, -0.1) is 0 Å². The van der Waals surface area contributed by atoms with Crippen LogP contribution >= 0.6 is 0 Å². The lowest BCUT2D eigenvalue weighted by Gasteiger charge is -2.27. The van der Waals surface area contributed by atoms with Crippen molar-refractivity contribution in [3.63, 3.8) is 0 Å². The van der Waals surface area contributed by atoms with Crippen LogP contribution in [0.1, 0.15) is 51.9 Å². The molecule has 78 valence electrons. The van der Waals surface area contributed by atoms with Crippen molar-refractivity contribution < 1.29 is 9.53 Å². The summed E-state index contributed by atoms with van der Waals surface area (Å²) in [6.07, 6.45) is 6.89. The third kappa shape index (κ3) is 3.02. The van der Waals surface area contributed by atoms with E-state index in [1.165, 1.54) is 13.3 Å².